The summed E-state index contributed by atoms with van der Waals surface area (Å²) in [6.45, 7) is 1.31. The maximum absolute atomic E-state index is 12.7. The van der Waals surface area contributed by atoms with Crippen molar-refractivity contribution in [3.05, 3.63) is 39.6 Å². The molecule has 26 heavy (non-hydrogen) atoms. The lowest BCUT2D eigenvalue weighted by Gasteiger charge is -2.13. The molecular weight excluding hydrogens is 419 g/mol. The van der Waals surface area contributed by atoms with E-state index in [9.17, 15) is 18.0 Å². The number of alkyl halides is 3. The molecule has 0 bridgehead atoms. The van der Waals surface area contributed by atoms with Gasteiger partial charge in [0, 0.05) is 16.7 Å². The van der Waals surface area contributed by atoms with Crippen LogP contribution in [-0.4, -0.2) is 29.9 Å². The van der Waals surface area contributed by atoms with E-state index < -0.39 is 17.8 Å². The van der Waals surface area contributed by atoms with Gasteiger partial charge in [0.05, 0.1) is 14.2 Å². The number of nitrogens with zero attached hydrogens (tertiary/aromatic N) is 2. The normalized spacial score (nSPS) is 11.3. The van der Waals surface area contributed by atoms with Crippen LogP contribution in [0.4, 0.5) is 13.2 Å². The van der Waals surface area contributed by atoms with Gasteiger partial charge in [-0.2, -0.15) is 18.3 Å². The first-order chi connectivity index (χ1) is 12.2. The van der Waals surface area contributed by atoms with E-state index in [0.29, 0.717) is 16.0 Å². The predicted molar refractivity (Wildman–Crippen MR) is 91.1 cm³/mol. The number of amides is 1. The van der Waals surface area contributed by atoms with Crippen LogP contribution in [0.15, 0.2) is 22.7 Å². The third-order valence-electron chi connectivity index (χ3n) is 3.59. The average Bonchev–Trinajstić information content (AvgIpc) is 2.94. The fourth-order valence-electron chi connectivity index (χ4n) is 2.23. The summed E-state index contributed by atoms with van der Waals surface area (Å²) in [5, 5.41) is 6.07. The number of halogens is 4. The lowest BCUT2D eigenvalue weighted by molar-refractivity contribution is -0.141. The fraction of sp³-hybridized carbons (Fsp3) is 0.375. The van der Waals surface area contributed by atoms with Crippen LogP contribution in [0.25, 0.3) is 0 Å². The highest BCUT2D eigenvalue weighted by atomic mass is 79.9. The molecule has 0 aliphatic carbocycles. The van der Waals surface area contributed by atoms with Gasteiger partial charge in [-0.3, -0.25) is 9.48 Å². The Morgan fingerprint density at radius 2 is 1.85 bits per heavy atom. The zero-order valence-corrected chi connectivity index (χ0v) is 15.9. The van der Waals surface area contributed by atoms with Gasteiger partial charge in [-0.25, -0.2) is 0 Å². The van der Waals surface area contributed by atoms with Crippen molar-refractivity contribution in [1.29, 1.82) is 0 Å². The predicted octanol–water partition coefficient (Wildman–Crippen LogP) is 3.31. The number of aromatic nitrogens is 2. The zero-order chi connectivity index (χ0) is 19.5. The Morgan fingerprint density at radius 3 is 2.38 bits per heavy atom. The van der Waals surface area contributed by atoms with Crippen molar-refractivity contribution in [1.82, 2.24) is 15.1 Å². The molecule has 0 radical (unpaired) electrons. The highest BCUT2D eigenvalue weighted by Crippen LogP contribution is 2.33. The Labute approximate surface area is 156 Å². The molecule has 2 aromatic rings. The van der Waals surface area contributed by atoms with Crippen LogP contribution in [0.2, 0.25) is 0 Å². The second kappa shape index (κ2) is 7.98. The molecular formula is C16H17BrF3N3O3. The molecule has 0 atom stereocenters. The molecule has 1 amide bonds. The molecule has 0 aliphatic rings. The number of benzene rings is 1. The van der Waals surface area contributed by atoms with Crippen molar-refractivity contribution in [2.75, 3.05) is 14.2 Å². The van der Waals surface area contributed by atoms with Crippen LogP contribution in [-0.2, 0) is 24.1 Å². The number of carbonyl (C=O) groups is 1. The zero-order valence-electron chi connectivity index (χ0n) is 14.3. The molecule has 10 heteroatoms. The first-order valence-electron chi connectivity index (χ1n) is 7.44. The Bertz CT molecular complexity index is 806. The largest absolute Gasteiger partial charge is 0.493 e. The summed E-state index contributed by atoms with van der Waals surface area (Å²) >= 11 is 3.38. The Kier molecular flexibility index (Phi) is 6.17. The number of hydrogen-bond acceptors (Lipinski definition) is 4. The summed E-state index contributed by atoms with van der Waals surface area (Å²) in [5.74, 6) is 0.561. The standard InChI is InChI=1S/C16H17BrF3N3O3/c1-9-4-14(16(18,19)20)22-23(9)8-15(24)21-7-10-5-12(25-2)13(26-3)6-11(10)17/h4-6H,7-8H2,1-3H3,(H,21,24). The van der Waals surface area contributed by atoms with Crippen molar-refractivity contribution in [2.45, 2.75) is 26.2 Å². The molecule has 1 aromatic carbocycles. The third-order valence-corrected chi connectivity index (χ3v) is 4.33. The number of nitrogens with one attached hydrogen (secondary N) is 1. The molecule has 0 fully saturated rings. The van der Waals surface area contributed by atoms with Crippen LogP contribution >= 0.6 is 15.9 Å². The lowest BCUT2D eigenvalue weighted by Crippen LogP contribution is -2.28. The van der Waals surface area contributed by atoms with E-state index in [1.807, 2.05) is 0 Å². The average molecular weight is 436 g/mol. The van der Waals surface area contributed by atoms with Gasteiger partial charge in [-0.1, -0.05) is 15.9 Å². The highest BCUT2D eigenvalue weighted by molar-refractivity contribution is 9.10. The molecule has 142 valence electrons. The van der Waals surface area contributed by atoms with E-state index in [4.69, 9.17) is 9.47 Å². The van der Waals surface area contributed by atoms with Gasteiger partial charge in [0.1, 0.15) is 6.54 Å². The monoisotopic (exact) mass is 435 g/mol. The van der Waals surface area contributed by atoms with Gasteiger partial charge in [0.15, 0.2) is 17.2 Å². The summed E-state index contributed by atoms with van der Waals surface area (Å²) in [6.07, 6.45) is -4.54. The fourth-order valence-corrected chi connectivity index (χ4v) is 2.69. The molecule has 0 unspecified atom stereocenters. The number of hydrogen-bond donors (Lipinski definition) is 1. The molecule has 0 saturated carbocycles. The van der Waals surface area contributed by atoms with Gasteiger partial charge < -0.3 is 14.8 Å². The van der Waals surface area contributed by atoms with E-state index in [1.54, 1.807) is 12.1 Å². The summed E-state index contributed by atoms with van der Waals surface area (Å²) in [5.41, 5.74) is -0.0469. The van der Waals surface area contributed by atoms with Gasteiger partial charge >= 0.3 is 6.18 Å². The van der Waals surface area contributed by atoms with Crippen LogP contribution in [0.1, 0.15) is 17.0 Å². The maximum Gasteiger partial charge on any atom is 0.435 e. The number of aryl methyl sites for hydroxylation is 1. The van der Waals surface area contributed by atoms with Gasteiger partial charge in [0.25, 0.3) is 0 Å². The van der Waals surface area contributed by atoms with Crippen LogP contribution in [0.3, 0.4) is 0 Å². The minimum atomic E-state index is -4.54. The number of rotatable bonds is 6. The summed E-state index contributed by atoms with van der Waals surface area (Å²) < 4.78 is 50.1. The van der Waals surface area contributed by atoms with Crippen LogP contribution < -0.4 is 14.8 Å². The Balaban J connectivity index is 2.05. The highest BCUT2D eigenvalue weighted by Gasteiger charge is 2.34. The maximum atomic E-state index is 12.7. The molecule has 1 N–H and O–H groups in total. The summed E-state index contributed by atoms with van der Waals surface area (Å²) in [7, 11) is 3.00. The molecule has 6 nitrogen and oxygen atoms in total. The second-order valence-electron chi connectivity index (χ2n) is 5.40. The van der Waals surface area contributed by atoms with Crippen molar-refractivity contribution in [3.8, 4) is 11.5 Å². The van der Waals surface area contributed by atoms with E-state index in [0.717, 1.165) is 16.3 Å². The Hall–Kier alpha value is -2.23. The molecule has 1 heterocycles. The minimum Gasteiger partial charge on any atom is -0.493 e. The Morgan fingerprint density at radius 1 is 1.23 bits per heavy atom. The quantitative estimate of drug-likeness (QED) is 0.755. The molecule has 1 aromatic heterocycles. The topological polar surface area (TPSA) is 65.4 Å². The van der Waals surface area contributed by atoms with Crippen LogP contribution in [0.5, 0.6) is 11.5 Å². The molecule has 2 rings (SSSR count). The van der Waals surface area contributed by atoms with E-state index in [1.165, 1.54) is 21.1 Å². The number of carbonyl (C=O) groups excluding carboxylic acids is 1. The minimum absolute atomic E-state index is 0.159. The van der Waals surface area contributed by atoms with Crippen molar-refractivity contribution in [2.24, 2.45) is 0 Å². The van der Waals surface area contributed by atoms with E-state index >= 15 is 0 Å². The van der Waals surface area contributed by atoms with Crippen molar-refractivity contribution in [3.63, 3.8) is 0 Å². The van der Waals surface area contributed by atoms with Gasteiger partial charge in [0.2, 0.25) is 5.91 Å². The van der Waals surface area contributed by atoms with Gasteiger partial charge in [-0.15, -0.1) is 0 Å². The van der Waals surface area contributed by atoms with E-state index in [-0.39, 0.29) is 18.8 Å². The smallest absolute Gasteiger partial charge is 0.435 e. The number of ether oxygens (including phenoxy) is 2. The second-order valence-corrected chi connectivity index (χ2v) is 6.26. The summed E-state index contributed by atoms with van der Waals surface area (Å²) in [6, 6.07) is 4.30. The first-order valence-corrected chi connectivity index (χ1v) is 8.23. The van der Waals surface area contributed by atoms with Crippen molar-refractivity contribution >= 4 is 21.8 Å². The van der Waals surface area contributed by atoms with Gasteiger partial charge in [-0.05, 0) is 30.7 Å². The number of methoxy groups -OCH3 is 2. The molecule has 0 aliphatic heterocycles. The van der Waals surface area contributed by atoms with E-state index in [2.05, 4.69) is 26.3 Å². The SMILES string of the molecule is COc1cc(Br)c(CNC(=O)Cn2nc(C(F)(F)F)cc2C)cc1OC. The lowest BCUT2D eigenvalue weighted by atomic mass is 10.2. The first kappa shape index (κ1) is 20.1. The summed E-state index contributed by atoms with van der Waals surface area (Å²) in [4.78, 5) is 12.1. The van der Waals surface area contributed by atoms with Crippen molar-refractivity contribution < 1.29 is 27.4 Å². The molecule has 0 spiro atoms. The molecule has 0 saturated heterocycles. The third kappa shape index (κ3) is 4.69. The van der Waals surface area contributed by atoms with Crippen LogP contribution in [0, 0.1) is 6.92 Å².